The number of aryl methyl sites for hydroxylation is 1. The van der Waals surface area contributed by atoms with Crippen molar-refractivity contribution < 1.29 is 23.0 Å². The molecule has 6 heteroatoms. The van der Waals surface area contributed by atoms with Gasteiger partial charge in [-0.3, -0.25) is 4.98 Å². The number of nitrogens with zero attached hydrogens (tertiary/aromatic N) is 1. The lowest BCUT2D eigenvalue weighted by Crippen LogP contribution is -2.17. The van der Waals surface area contributed by atoms with Crippen LogP contribution in [0.25, 0.3) is 0 Å². The Kier molecular flexibility index (Phi) is 4.47. The molecule has 3 nitrogen and oxygen atoms in total. The van der Waals surface area contributed by atoms with Crippen molar-refractivity contribution in [3.63, 3.8) is 0 Å². The molecule has 1 aromatic heterocycles. The van der Waals surface area contributed by atoms with Crippen LogP contribution >= 0.6 is 0 Å². The Morgan fingerprint density at radius 1 is 1.19 bits per heavy atom. The van der Waals surface area contributed by atoms with Crippen LogP contribution in [0.1, 0.15) is 22.9 Å². The van der Waals surface area contributed by atoms with Crippen molar-refractivity contribution in [2.45, 2.75) is 25.8 Å². The zero-order valence-electron chi connectivity index (χ0n) is 11.3. The molecule has 0 fully saturated rings. The van der Waals surface area contributed by atoms with E-state index in [2.05, 4.69) is 9.72 Å². The van der Waals surface area contributed by atoms with E-state index >= 15 is 0 Å². The Morgan fingerprint density at radius 3 is 2.43 bits per heavy atom. The van der Waals surface area contributed by atoms with Crippen LogP contribution in [0, 0.1) is 6.92 Å². The van der Waals surface area contributed by atoms with Gasteiger partial charge in [-0.2, -0.15) is 0 Å². The lowest BCUT2D eigenvalue weighted by molar-refractivity contribution is -0.274. The van der Waals surface area contributed by atoms with Gasteiger partial charge in [-0.05, 0) is 30.7 Å². The average molecular weight is 297 g/mol. The molecule has 1 atom stereocenters. The summed E-state index contributed by atoms with van der Waals surface area (Å²) in [5.74, 6) is -0.279. The van der Waals surface area contributed by atoms with Crippen molar-refractivity contribution in [3.8, 4) is 5.75 Å². The molecular weight excluding hydrogens is 283 g/mol. The van der Waals surface area contributed by atoms with E-state index in [4.69, 9.17) is 0 Å². The Hall–Kier alpha value is -2.08. The van der Waals surface area contributed by atoms with Gasteiger partial charge in [0.1, 0.15) is 5.75 Å². The van der Waals surface area contributed by atoms with Gasteiger partial charge in [-0.15, -0.1) is 13.2 Å². The Labute approximate surface area is 120 Å². The molecule has 1 aromatic carbocycles. The van der Waals surface area contributed by atoms with E-state index in [1.807, 2.05) is 0 Å². The number of hydrogen-bond acceptors (Lipinski definition) is 3. The standard InChI is InChI=1S/C15H14F3NO2/c1-10-13(3-2-8-19-10)14(20)9-11-4-6-12(7-5-11)21-15(16,17)18/h2-8,14,20H,9H2,1H3. The third kappa shape index (κ3) is 4.46. The molecule has 1 unspecified atom stereocenters. The molecule has 112 valence electrons. The fourth-order valence-electron chi connectivity index (χ4n) is 2.01. The number of benzene rings is 1. The highest BCUT2D eigenvalue weighted by Gasteiger charge is 2.30. The quantitative estimate of drug-likeness (QED) is 0.938. The third-order valence-electron chi connectivity index (χ3n) is 2.99. The number of halogens is 3. The maximum atomic E-state index is 12.0. The Bertz CT molecular complexity index is 597. The number of aliphatic hydroxyl groups is 1. The van der Waals surface area contributed by atoms with Crippen LogP contribution < -0.4 is 4.74 Å². The molecule has 0 aliphatic heterocycles. The summed E-state index contributed by atoms with van der Waals surface area (Å²) >= 11 is 0. The van der Waals surface area contributed by atoms with E-state index in [1.165, 1.54) is 24.3 Å². The molecule has 0 saturated carbocycles. The molecule has 0 aliphatic rings. The van der Waals surface area contributed by atoms with E-state index in [1.54, 1.807) is 25.3 Å². The highest BCUT2D eigenvalue weighted by Crippen LogP contribution is 2.25. The average Bonchev–Trinajstić information content (AvgIpc) is 2.40. The molecule has 2 aromatic rings. The van der Waals surface area contributed by atoms with Gasteiger partial charge < -0.3 is 9.84 Å². The van der Waals surface area contributed by atoms with Crippen molar-refractivity contribution in [1.29, 1.82) is 0 Å². The van der Waals surface area contributed by atoms with Crippen molar-refractivity contribution in [1.82, 2.24) is 4.98 Å². The number of rotatable bonds is 4. The monoisotopic (exact) mass is 297 g/mol. The molecule has 21 heavy (non-hydrogen) atoms. The maximum absolute atomic E-state index is 12.0. The zero-order valence-corrected chi connectivity index (χ0v) is 11.3. The lowest BCUT2D eigenvalue weighted by atomic mass is 10.0. The highest BCUT2D eigenvalue weighted by atomic mass is 19.4. The maximum Gasteiger partial charge on any atom is 0.573 e. The first kappa shape index (κ1) is 15.3. The molecule has 0 radical (unpaired) electrons. The predicted molar refractivity (Wildman–Crippen MR) is 70.8 cm³/mol. The van der Waals surface area contributed by atoms with Gasteiger partial charge in [0.15, 0.2) is 0 Å². The first-order chi connectivity index (χ1) is 9.85. The molecule has 2 rings (SSSR count). The van der Waals surface area contributed by atoms with Gasteiger partial charge in [-0.1, -0.05) is 18.2 Å². The summed E-state index contributed by atoms with van der Waals surface area (Å²) in [6.07, 6.45) is -3.53. The van der Waals surface area contributed by atoms with E-state index in [0.717, 1.165) is 5.69 Å². The number of aromatic nitrogens is 1. The minimum Gasteiger partial charge on any atom is -0.406 e. The van der Waals surface area contributed by atoms with E-state index < -0.39 is 12.5 Å². The first-order valence-corrected chi connectivity index (χ1v) is 6.29. The summed E-state index contributed by atoms with van der Waals surface area (Å²) in [6, 6.07) is 8.95. The van der Waals surface area contributed by atoms with Crippen molar-refractivity contribution in [3.05, 3.63) is 59.4 Å². The van der Waals surface area contributed by atoms with Crippen LogP contribution in [0.15, 0.2) is 42.6 Å². The van der Waals surface area contributed by atoms with Crippen LogP contribution in [0.3, 0.4) is 0 Å². The number of pyridine rings is 1. The van der Waals surface area contributed by atoms with Crippen LogP contribution in [0.2, 0.25) is 0 Å². The summed E-state index contributed by atoms with van der Waals surface area (Å²) in [4.78, 5) is 4.09. The number of aliphatic hydroxyl groups excluding tert-OH is 1. The highest BCUT2D eigenvalue weighted by molar-refractivity contribution is 5.29. The topological polar surface area (TPSA) is 42.4 Å². The minimum atomic E-state index is -4.70. The van der Waals surface area contributed by atoms with Gasteiger partial charge in [0.2, 0.25) is 0 Å². The third-order valence-corrected chi connectivity index (χ3v) is 2.99. The number of ether oxygens (including phenoxy) is 1. The molecule has 1 heterocycles. The van der Waals surface area contributed by atoms with Gasteiger partial charge in [0.25, 0.3) is 0 Å². The summed E-state index contributed by atoms with van der Waals surface area (Å²) < 4.78 is 39.9. The SMILES string of the molecule is Cc1ncccc1C(O)Cc1ccc(OC(F)(F)F)cc1. The van der Waals surface area contributed by atoms with E-state index in [0.29, 0.717) is 17.5 Å². The van der Waals surface area contributed by atoms with Crippen LogP contribution in [0.5, 0.6) is 5.75 Å². The summed E-state index contributed by atoms with van der Waals surface area (Å²) in [5.41, 5.74) is 2.13. The zero-order chi connectivity index (χ0) is 15.5. The molecule has 0 spiro atoms. The fraction of sp³-hybridized carbons (Fsp3) is 0.267. The summed E-state index contributed by atoms with van der Waals surface area (Å²) in [5, 5.41) is 10.2. The van der Waals surface area contributed by atoms with Crippen LogP contribution in [0.4, 0.5) is 13.2 Å². The molecule has 0 bridgehead atoms. The van der Waals surface area contributed by atoms with Crippen molar-refractivity contribution in [2.24, 2.45) is 0 Å². The van der Waals surface area contributed by atoms with Gasteiger partial charge in [-0.25, -0.2) is 0 Å². The van der Waals surface area contributed by atoms with E-state index in [9.17, 15) is 18.3 Å². The first-order valence-electron chi connectivity index (χ1n) is 6.29. The molecular formula is C15H14F3NO2. The molecule has 1 N–H and O–H groups in total. The van der Waals surface area contributed by atoms with Gasteiger partial charge >= 0.3 is 6.36 Å². The Balaban J connectivity index is 2.05. The number of alkyl halides is 3. The number of hydrogen-bond donors (Lipinski definition) is 1. The molecule has 0 aliphatic carbocycles. The molecule has 0 amide bonds. The van der Waals surface area contributed by atoms with Gasteiger partial charge in [0.05, 0.1) is 6.10 Å². The normalized spacial score (nSPS) is 13.0. The largest absolute Gasteiger partial charge is 0.573 e. The lowest BCUT2D eigenvalue weighted by Gasteiger charge is -2.14. The second-order valence-corrected chi connectivity index (χ2v) is 4.59. The second kappa shape index (κ2) is 6.13. The fourth-order valence-corrected chi connectivity index (χ4v) is 2.01. The van der Waals surface area contributed by atoms with Crippen molar-refractivity contribution >= 4 is 0 Å². The minimum absolute atomic E-state index is 0.279. The van der Waals surface area contributed by atoms with Crippen LogP contribution in [-0.4, -0.2) is 16.5 Å². The smallest absolute Gasteiger partial charge is 0.406 e. The summed E-state index contributed by atoms with van der Waals surface area (Å²) in [6.45, 7) is 1.79. The van der Waals surface area contributed by atoms with Gasteiger partial charge in [0, 0.05) is 23.9 Å². The van der Waals surface area contributed by atoms with Crippen LogP contribution in [-0.2, 0) is 6.42 Å². The second-order valence-electron chi connectivity index (χ2n) is 4.59. The predicted octanol–water partition coefficient (Wildman–Crippen LogP) is 3.56. The van der Waals surface area contributed by atoms with Crippen molar-refractivity contribution in [2.75, 3.05) is 0 Å². The van der Waals surface area contributed by atoms with E-state index in [-0.39, 0.29) is 5.75 Å². The molecule has 0 saturated heterocycles. The Morgan fingerprint density at radius 2 is 1.86 bits per heavy atom. The summed E-state index contributed by atoms with van der Waals surface area (Å²) in [7, 11) is 0.